The number of thiophene rings is 1. The fraction of sp³-hybridized carbons (Fsp3) is 0.0323. The number of hydrogen-bond donors (Lipinski definition) is 0. The van der Waals surface area contributed by atoms with Crippen LogP contribution in [0.3, 0.4) is 0 Å². The highest BCUT2D eigenvalue weighted by Gasteiger charge is 2.30. The fourth-order valence-corrected chi connectivity index (χ4v) is 5.58. The molecule has 0 aliphatic heterocycles. The molecule has 0 aliphatic carbocycles. The molecule has 0 bridgehead atoms. The van der Waals surface area contributed by atoms with Crippen molar-refractivity contribution in [2.75, 3.05) is 0 Å². The molecule has 170 valence electrons. The van der Waals surface area contributed by atoms with E-state index in [2.05, 4.69) is 66.7 Å². The van der Waals surface area contributed by atoms with E-state index < -0.39 is 11.7 Å². The van der Waals surface area contributed by atoms with Gasteiger partial charge in [-0.15, -0.1) is 11.3 Å². The van der Waals surface area contributed by atoms with Crippen LogP contribution in [0.2, 0.25) is 0 Å². The number of rotatable bonds is 3. The summed E-state index contributed by atoms with van der Waals surface area (Å²) < 4.78 is 41.7. The van der Waals surface area contributed by atoms with Crippen LogP contribution in [0.1, 0.15) is 5.56 Å². The highest BCUT2D eigenvalue weighted by Crippen LogP contribution is 2.37. The molecule has 0 amide bonds. The van der Waals surface area contributed by atoms with Crippen LogP contribution in [-0.2, 0) is 6.18 Å². The number of benzene rings is 5. The second-order valence-corrected chi connectivity index (χ2v) is 9.63. The molecule has 6 aromatic rings. The molecule has 0 unspecified atom stereocenters. The molecule has 0 saturated carbocycles. The predicted octanol–water partition coefficient (Wildman–Crippen LogP) is 10.1. The first kappa shape index (κ1) is 21.6. The molecule has 6 rings (SSSR count). The second-order valence-electron chi connectivity index (χ2n) is 8.54. The van der Waals surface area contributed by atoms with Crippen molar-refractivity contribution >= 4 is 31.5 Å². The Kier molecular flexibility index (Phi) is 5.19. The maximum Gasteiger partial charge on any atom is 0.416 e. The van der Waals surface area contributed by atoms with Crippen LogP contribution in [0.5, 0.6) is 0 Å². The summed E-state index contributed by atoms with van der Waals surface area (Å²) in [6.45, 7) is 0. The van der Waals surface area contributed by atoms with E-state index >= 15 is 0 Å². The van der Waals surface area contributed by atoms with Gasteiger partial charge in [0, 0.05) is 20.2 Å². The lowest BCUT2D eigenvalue weighted by Gasteiger charge is -2.10. The molecule has 35 heavy (non-hydrogen) atoms. The topological polar surface area (TPSA) is 0 Å². The van der Waals surface area contributed by atoms with Gasteiger partial charge in [0.15, 0.2) is 0 Å². The van der Waals surface area contributed by atoms with Crippen LogP contribution in [0.25, 0.3) is 53.6 Å². The quantitative estimate of drug-likeness (QED) is 0.236. The van der Waals surface area contributed by atoms with Gasteiger partial charge in [-0.05, 0) is 63.7 Å². The normalized spacial score (nSPS) is 11.9. The Balaban J connectivity index is 1.28. The summed E-state index contributed by atoms with van der Waals surface area (Å²) in [5, 5.41) is 2.56. The van der Waals surface area contributed by atoms with Gasteiger partial charge >= 0.3 is 6.18 Å². The van der Waals surface area contributed by atoms with E-state index in [-0.39, 0.29) is 0 Å². The molecule has 5 aromatic carbocycles. The van der Waals surface area contributed by atoms with Crippen LogP contribution >= 0.6 is 11.3 Å². The van der Waals surface area contributed by atoms with E-state index in [4.69, 9.17) is 0 Å². The molecule has 1 heterocycles. The second kappa shape index (κ2) is 8.40. The SMILES string of the molecule is FC(F)(F)c1cccc(-c2ccc(-c3ccc(-c4ccc5sc6ccccc6c5c4)cc3)cc2)c1. The minimum atomic E-state index is -4.35. The van der Waals surface area contributed by atoms with Gasteiger partial charge in [-0.1, -0.05) is 84.9 Å². The van der Waals surface area contributed by atoms with E-state index in [1.165, 1.54) is 37.9 Å². The van der Waals surface area contributed by atoms with E-state index in [0.29, 0.717) is 5.56 Å². The summed E-state index contributed by atoms with van der Waals surface area (Å²) in [5.74, 6) is 0. The summed E-state index contributed by atoms with van der Waals surface area (Å²) in [6, 6.07) is 36.6. The highest BCUT2D eigenvalue weighted by molar-refractivity contribution is 7.25. The first-order valence-corrected chi connectivity index (χ1v) is 12.1. The summed E-state index contributed by atoms with van der Waals surface area (Å²) in [5.41, 5.74) is 5.08. The fourth-order valence-electron chi connectivity index (χ4n) is 4.49. The molecule has 0 atom stereocenters. The van der Waals surface area contributed by atoms with E-state index in [1.54, 1.807) is 6.07 Å². The minimum Gasteiger partial charge on any atom is -0.166 e. The molecule has 0 aliphatic rings. The van der Waals surface area contributed by atoms with E-state index in [9.17, 15) is 13.2 Å². The molecular weight excluding hydrogens is 461 g/mol. The first-order valence-electron chi connectivity index (χ1n) is 11.3. The van der Waals surface area contributed by atoms with Gasteiger partial charge in [-0.2, -0.15) is 13.2 Å². The van der Waals surface area contributed by atoms with E-state index in [1.807, 2.05) is 35.6 Å². The van der Waals surface area contributed by atoms with E-state index in [0.717, 1.165) is 28.3 Å². The van der Waals surface area contributed by atoms with Gasteiger partial charge in [0.05, 0.1) is 5.56 Å². The average molecular weight is 481 g/mol. The number of halogens is 3. The predicted molar refractivity (Wildman–Crippen MR) is 141 cm³/mol. The van der Waals surface area contributed by atoms with Crippen molar-refractivity contribution in [3.63, 3.8) is 0 Å². The number of hydrogen-bond acceptors (Lipinski definition) is 1. The molecule has 0 radical (unpaired) electrons. The first-order chi connectivity index (χ1) is 17.0. The van der Waals surface area contributed by atoms with Gasteiger partial charge in [0.1, 0.15) is 0 Å². The summed E-state index contributed by atoms with van der Waals surface area (Å²) in [6.07, 6.45) is -4.35. The minimum absolute atomic E-state index is 0.554. The van der Waals surface area contributed by atoms with Gasteiger partial charge in [-0.25, -0.2) is 0 Å². The Morgan fingerprint density at radius 3 is 1.57 bits per heavy atom. The largest absolute Gasteiger partial charge is 0.416 e. The monoisotopic (exact) mass is 480 g/mol. The molecule has 0 saturated heterocycles. The molecule has 4 heteroatoms. The Bertz CT molecular complexity index is 1660. The van der Waals surface area contributed by atoms with Gasteiger partial charge in [-0.3, -0.25) is 0 Å². The van der Waals surface area contributed by atoms with Gasteiger partial charge in [0.25, 0.3) is 0 Å². The third kappa shape index (κ3) is 4.11. The maximum absolute atomic E-state index is 13.1. The van der Waals surface area contributed by atoms with Crippen molar-refractivity contribution in [2.45, 2.75) is 6.18 Å². The number of fused-ring (bicyclic) bond motifs is 3. The summed E-state index contributed by atoms with van der Waals surface area (Å²) in [7, 11) is 0. The molecule has 0 N–H and O–H groups in total. The Morgan fingerprint density at radius 1 is 0.429 bits per heavy atom. The van der Waals surface area contributed by atoms with Crippen molar-refractivity contribution in [3.05, 3.63) is 121 Å². The number of alkyl halides is 3. The zero-order valence-electron chi connectivity index (χ0n) is 18.5. The zero-order valence-corrected chi connectivity index (χ0v) is 19.3. The Labute approximate surface area is 204 Å². The average Bonchev–Trinajstić information content (AvgIpc) is 3.26. The Morgan fingerprint density at radius 2 is 0.943 bits per heavy atom. The van der Waals surface area contributed by atoms with Crippen molar-refractivity contribution < 1.29 is 13.2 Å². The van der Waals surface area contributed by atoms with Crippen molar-refractivity contribution in [1.29, 1.82) is 0 Å². The summed E-state index contributed by atoms with van der Waals surface area (Å²) >= 11 is 1.81. The molecule has 0 nitrogen and oxygen atoms in total. The lowest BCUT2D eigenvalue weighted by atomic mass is 9.97. The van der Waals surface area contributed by atoms with Crippen molar-refractivity contribution in [3.8, 4) is 33.4 Å². The molecular formula is C31H19F3S. The van der Waals surface area contributed by atoms with Crippen molar-refractivity contribution in [2.24, 2.45) is 0 Å². The molecule has 1 aromatic heterocycles. The van der Waals surface area contributed by atoms with Crippen molar-refractivity contribution in [1.82, 2.24) is 0 Å². The maximum atomic E-state index is 13.1. The smallest absolute Gasteiger partial charge is 0.166 e. The van der Waals surface area contributed by atoms with Crippen LogP contribution in [0.4, 0.5) is 13.2 Å². The van der Waals surface area contributed by atoms with Crippen LogP contribution in [0.15, 0.2) is 115 Å². The lowest BCUT2D eigenvalue weighted by molar-refractivity contribution is -0.137. The molecule has 0 spiro atoms. The Hall–Kier alpha value is -3.89. The zero-order chi connectivity index (χ0) is 24.0. The highest BCUT2D eigenvalue weighted by atomic mass is 32.1. The van der Waals surface area contributed by atoms with Crippen LogP contribution < -0.4 is 0 Å². The third-order valence-corrected chi connectivity index (χ3v) is 7.49. The molecule has 0 fully saturated rings. The third-order valence-electron chi connectivity index (χ3n) is 6.34. The van der Waals surface area contributed by atoms with Gasteiger partial charge in [0.2, 0.25) is 0 Å². The summed E-state index contributed by atoms with van der Waals surface area (Å²) in [4.78, 5) is 0. The standard InChI is InChI=1S/C31H19F3S/c32-31(33,34)26-5-3-4-24(18-26)22-12-8-20(9-13-22)21-10-14-23(15-11-21)25-16-17-30-28(19-25)27-6-1-2-7-29(27)35-30/h1-19H. The van der Waals surface area contributed by atoms with Crippen LogP contribution in [-0.4, -0.2) is 0 Å². The van der Waals surface area contributed by atoms with Gasteiger partial charge < -0.3 is 0 Å². The lowest BCUT2D eigenvalue weighted by Crippen LogP contribution is -2.04. The van der Waals surface area contributed by atoms with Crippen LogP contribution in [0, 0.1) is 0 Å².